The van der Waals surface area contributed by atoms with Gasteiger partial charge in [0.05, 0.1) is 0 Å². The molecule has 106 valence electrons. The van der Waals surface area contributed by atoms with Crippen LogP contribution >= 0.6 is 24.0 Å². The van der Waals surface area contributed by atoms with Crippen LogP contribution in [0.3, 0.4) is 0 Å². The predicted octanol–water partition coefficient (Wildman–Crippen LogP) is 2.88. The number of rotatable bonds is 2. The van der Waals surface area contributed by atoms with Crippen molar-refractivity contribution >= 4 is 29.9 Å². The molecule has 0 bridgehead atoms. The molecule has 1 aromatic rings. The molecule has 0 aliphatic carbocycles. The lowest BCUT2D eigenvalue weighted by Gasteiger charge is -2.22. The van der Waals surface area contributed by atoms with Gasteiger partial charge >= 0.3 is 0 Å². The summed E-state index contributed by atoms with van der Waals surface area (Å²) in [7, 11) is 0. The number of carbonyl (C=O) groups is 1. The van der Waals surface area contributed by atoms with E-state index in [0.717, 1.165) is 25.1 Å². The van der Waals surface area contributed by atoms with Gasteiger partial charge in [-0.25, -0.2) is 0 Å². The zero-order valence-electron chi connectivity index (χ0n) is 11.3. The van der Waals surface area contributed by atoms with Gasteiger partial charge in [0.25, 0.3) is 5.91 Å². The summed E-state index contributed by atoms with van der Waals surface area (Å²) in [6.07, 6.45) is 0.967. The number of likely N-dealkylation sites (tertiary alicyclic amines) is 1. The first-order valence-electron chi connectivity index (χ1n) is 6.20. The first kappa shape index (κ1) is 16.3. The molecule has 0 aromatic heterocycles. The smallest absolute Gasteiger partial charge is 0.253 e. The highest BCUT2D eigenvalue weighted by atomic mass is 35.5. The largest absolute Gasteiger partial charge is 0.338 e. The van der Waals surface area contributed by atoms with E-state index >= 15 is 0 Å². The van der Waals surface area contributed by atoms with E-state index in [4.69, 9.17) is 17.3 Å². The molecule has 1 aliphatic heterocycles. The van der Waals surface area contributed by atoms with Crippen molar-refractivity contribution in [1.29, 1.82) is 0 Å². The number of hydrogen-bond acceptors (Lipinski definition) is 2. The number of nitrogens with zero attached hydrogens (tertiary/aromatic N) is 1. The van der Waals surface area contributed by atoms with Gasteiger partial charge in [0.15, 0.2) is 0 Å². The van der Waals surface area contributed by atoms with Crippen LogP contribution in [0.2, 0.25) is 5.02 Å². The monoisotopic (exact) mass is 302 g/mol. The van der Waals surface area contributed by atoms with Crippen molar-refractivity contribution in [2.75, 3.05) is 19.6 Å². The average molecular weight is 303 g/mol. The third kappa shape index (κ3) is 3.62. The van der Waals surface area contributed by atoms with Crippen LogP contribution in [0.15, 0.2) is 18.2 Å². The molecule has 0 spiro atoms. The highest BCUT2D eigenvalue weighted by Gasteiger charge is 2.35. The van der Waals surface area contributed by atoms with E-state index in [2.05, 4.69) is 6.92 Å². The predicted molar refractivity (Wildman–Crippen MR) is 81.1 cm³/mol. The fourth-order valence-corrected chi connectivity index (χ4v) is 2.70. The van der Waals surface area contributed by atoms with Crippen LogP contribution in [-0.4, -0.2) is 30.4 Å². The molecule has 1 saturated heterocycles. The first-order valence-corrected chi connectivity index (χ1v) is 6.58. The molecule has 2 N–H and O–H groups in total. The number of carbonyl (C=O) groups excluding carboxylic acids is 1. The summed E-state index contributed by atoms with van der Waals surface area (Å²) in [6, 6.07) is 5.47. The minimum atomic E-state index is 0. The lowest BCUT2D eigenvalue weighted by Crippen LogP contribution is -2.34. The highest BCUT2D eigenvalue weighted by Crippen LogP contribution is 2.29. The second-order valence-electron chi connectivity index (χ2n) is 5.51. The van der Waals surface area contributed by atoms with Gasteiger partial charge in [0, 0.05) is 23.7 Å². The van der Waals surface area contributed by atoms with Crippen molar-refractivity contribution in [2.45, 2.75) is 20.3 Å². The minimum Gasteiger partial charge on any atom is -0.338 e. The lowest BCUT2D eigenvalue weighted by atomic mass is 9.90. The lowest BCUT2D eigenvalue weighted by molar-refractivity contribution is 0.0777. The third-order valence-electron chi connectivity index (χ3n) is 3.63. The van der Waals surface area contributed by atoms with Crippen molar-refractivity contribution in [1.82, 2.24) is 4.90 Å². The Kier molecular flexibility index (Phi) is 5.25. The summed E-state index contributed by atoms with van der Waals surface area (Å²) < 4.78 is 0. The van der Waals surface area contributed by atoms with Crippen molar-refractivity contribution in [3.63, 3.8) is 0 Å². The summed E-state index contributed by atoms with van der Waals surface area (Å²) >= 11 is 5.99. The van der Waals surface area contributed by atoms with E-state index < -0.39 is 0 Å². The molecule has 0 saturated carbocycles. The fourth-order valence-electron chi connectivity index (χ4n) is 2.41. The van der Waals surface area contributed by atoms with E-state index in [1.54, 1.807) is 6.07 Å². The number of hydrogen-bond donors (Lipinski definition) is 1. The Morgan fingerprint density at radius 2 is 2.16 bits per heavy atom. The Hall–Kier alpha value is -0.770. The summed E-state index contributed by atoms with van der Waals surface area (Å²) in [4.78, 5) is 14.3. The number of amides is 1. The molecular formula is C14H20Cl2N2O. The summed E-state index contributed by atoms with van der Waals surface area (Å²) in [5.41, 5.74) is 7.49. The topological polar surface area (TPSA) is 46.3 Å². The van der Waals surface area contributed by atoms with E-state index in [9.17, 15) is 4.79 Å². The first-order chi connectivity index (χ1) is 8.43. The van der Waals surface area contributed by atoms with Crippen LogP contribution < -0.4 is 5.73 Å². The summed E-state index contributed by atoms with van der Waals surface area (Å²) in [5.74, 6) is 0.0535. The van der Waals surface area contributed by atoms with Gasteiger partial charge in [0.1, 0.15) is 0 Å². The molecule has 1 aliphatic rings. The maximum Gasteiger partial charge on any atom is 0.253 e. The van der Waals surface area contributed by atoms with Crippen LogP contribution in [0, 0.1) is 12.3 Å². The Balaban J connectivity index is 0.00000180. The van der Waals surface area contributed by atoms with E-state index in [1.807, 2.05) is 24.0 Å². The normalized spacial score (nSPS) is 22.2. The van der Waals surface area contributed by atoms with Crippen molar-refractivity contribution in [3.8, 4) is 0 Å². The Morgan fingerprint density at radius 3 is 2.68 bits per heavy atom. The second kappa shape index (κ2) is 6.12. The van der Waals surface area contributed by atoms with Crippen LogP contribution in [0.5, 0.6) is 0 Å². The number of benzene rings is 1. The van der Waals surface area contributed by atoms with Crippen LogP contribution in [0.1, 0.15) is 29.3 Å². The number of nitrogens with two attached hydrogens (primary N) is 1. The molecule has 1 fully saturated rings. The molecular weight excluding hydrogens is 283 g/mol. The summed E-state index contributed by atoms with van der Waals surface area (Å²) in [5, 5.41) is 0.610. The van der Waals surface area contributed by atoms with Crippen LogP contribution in [0.4, 0.5) is 0 Å². The van der Waals surface area contributed by atoms with Crippen LogP contribution in [0.25, 0.3) is 0 Å². The molecule has 1 aromatic carbocycles. The van der Waals surface area contributed by atoms with Crippen molar-refractivity contribution < 1.29 is 4.79 Å². The van der Waals surface area contributed by atoms with E-state index in [1.165, 1.54) is 0 Å². The maximum atomic E-state index is 12.4. The van der Waals surface area contributed by atoms with Gasteiger partial charge < -0.3 is 10.6 Å². The van der Waals surface area contributed by atoms with Crippen molar-refractivity contribution in [3.05, 3.63) is 34.3 Å². The molecule has 1 amide bonds. The molecule has 1 heterocycles. The highest BCUT2D eigenvalue weighted by molar-refractivity contribution is 6.31. The molecule has 1 atom stereocenters. The molecule has 1 unspecified atom stereocenters. The van der Waals surface area contributed by atoms with Gasteiger partial charge in [-0.05, 0) is 49.1 Å². The molecule has 2 rings (SSSR count). The Morgan fingerprint density at radius 1 is 1.47 bits per heavy atom. The van der Waals surface area contributed by atoms with Gasteiger partial charge in [0.2, 0.25) is 0 Å². The second-order valence-corrected chi connectivity index (χ2v) is 5.95. The zero-order chi connectivity index (χ0) is 13.3. The van der Waals surface area contributed by atoms with Gasteiger partial charge in [-0.15, -0.1) is 12.4 Å². The minimum absolute atomic E-state index is 0. The van der Waals surface area contributed by atoms with Crippen LogP contribution in [-0.2, 0) is 0 Å². The van der Waals surface area contributed by atoms with E-state index in [0.29, 0.717) is 17.1 Å². The Bertz CT molecular complexity index is 458. The number of halogens is 2. The quantitative estimate of drug-likeness (QED) is 0.913. The molecule has 19 heavy (non-hydrogen) atoms. The zero-order valence-corrected chi connectivity index (χ0v) is 12.9. The van der Waals surface area contributed by atoms with Gasteiger partial charge in [-0.1, -0.05) is 18.5 Å². The maximum absolute atomic E-state index is 12.4. The third-order valence-corrected chi connectivity index (χ3v) is 3.85. The standard InChI is InChI=1S/C14H19ClN2O.ClH/c1-10-5-11(7-12(15)6-10)13(18)17-4-3-14(2,8-16)9-17;/h5-7H,3-4,8-9,16H2,1-2H3;1H. The van der Waals surface area contributed by atoms with Gasteiger partial charge in [-0.2, -0.15) is 0 Å². The molecule has 0 radical (unpaired) electrons. The average Bonchev–Trinajstić information content (AvgIpc) is 2.70. The number of aryl methyl sites for hydroxylation is 1. The molecule has 3 nitrogen and oxygen atoms in total. The SMILES string of the molecule is Cc1cc(Cl)cc(C(=O)N2CCC(C)(CN)C2)c1.Cl. The fraction of sp³-hybridized carbons (Fsp3) is 0.500. The van der Waals surface area contributed by atoms with Crippen molar-refractivity contribution in [2.24, 2.45) is 11.1 Å². The molecule has 5 heteroatoms. The summed E-state index contributed by atoms with van der Waals surface area (Å²) in [6.45, 7) is 6.19. The Labute approximate surface area is 125 Å². The van der Waals surface area contributed by atoms with Gasteiger partial charge in [-0.3, -0.25) is 4.79 Å². The van der Waals surface area contributed by atoms with E-state index in [-0.39, 0.29) is 23.7 Å².